The zero-order valence-corrected chi connectivity index (χ0v) is 21.1. The van der Waals surface area contributed by atoms with Crippen molar-refractivity contribution >= 4 is 28.6 Å². The van der Waals surface area contributed by atoms with E-state index in [0.717, 1.165) is 16.5 Å². The molecule has 0 saturated heterocycles. The third kappa shape index (κ3) is 2.17. The fraction of sp³-hybridized carbons (Fsp3) is 0.370. The maximum atomic E-state index is 14.5. The summed E-state index contributed by atoms with van der Waals surface area (Å²) >= 11 is 0. The lowest BCUT2D eigenvalue weighted by atomic mass is 8.92. The van der Waals surface area contributed by atoms with Gasteiger partial charge in [-0.2, -0.15) is 10.2 Å². The van der Waals surface area contributed by atoms with Gasteiger partial charge in [-0.15, -0.1) is 0 Å². The average Bonchev–Trinajstić information content (AvgIpc) is 3.74. The number of carbonyl (C=O) groups excluding carboxylic acids is 2. The molecule has 11 rings (SSSR count). The molecule has 0 atom stereocenters. The first kappa shape index (κ1) is 21.9. The summed E-state index contributed by atoms with van der Waals surface area (Å²) < 4.78 is 20.7. The Labute approximate surface area is 227 Å². The van der Waals surface area contributed by atoms with Gasteiger partial charge in [0.1, 0.15) is 23.5 Å². The molecule has 0 bridgehead atoms. The van der Waals surface area contributed by atoms with Gasteiger partial charge in [-0.05, 0) is 58.6 Å². The average molecular weight is 554 g/mol. The lowest BCUT2D eigenvalue weighted by Crippen LogP contribution is -3.12. The number of hydrogen-bond donors (Lipinski definition) is 4. The SMILES string of the molecule is O=C(NCc1ccc2oc(=O)[nH]c2c1)c1cc(C(=O)NCC23C4C5C2C2C3C4C52c2ncn[nH]2)n2ncc(F)c2n1. The molecule has 41 heavy (non-hydrogen) atoms. The number of benzene rings is 1. The monoisotopic (exact) mass is 553 g/mol. The van der Waals surface area contributed by atoms with Crippen molar-refractivity contribution in [2.45, 2.75) is 12.0 Å². The molecule has 6 saturated carbocycles. The van der Waals surface area contributed by atoms with Crippen LogP contribution in [0.3, 0.4) is 0 Å². The van der Waals surface area contributed by atoms with Gasteiger partial charge >= 0.3 is 5.76 Å². The van der Waals surface area contributed by atoms with Crippen LogP contribution in [0.2, 0.25) is 0 Å². The Morgan fingerprint density at radius 3 is 2.63 bits per heavy atom. The summed E-state index contributed by atoms with van der Waals surface area (Å²) in [6, 6.07) is 6.35. The second kappa shape index (κ2) is 6.70. The van der Waals surface area contributed by atoms with Crippen molar-refractivity contribution in [1.29, 1.82) is 0 Å². The van der Waals surface area contributed by atoms with Gasteiger partial charge in [0, 0.05) is 24.6 Å². The molecule has 6 aliphatic carbocycles. The van der Waals surface area contributed by atoms with Gasteiger partial charge in [-0.1, -0.05) is 6.07 Å². The van der Waals surface area contributed by atoms with Crippen LogP contribution in [0.4, 0.5) is 4.39 Å². The summed E-state index contributed by atoms with van der Waals surface area (Å²) in [5, 5.41) is 17.0. The van der Waals surface area contributed by atoms with Gasteiger partial charge in [0.2, 0.25) is 0 Å². The molecule has 204 valence electrons. The minimum Gasteiger partial charge on any atom is -0.408 e. The number of amides is 2. The number of oxazole rings is 1. The van der Waals surface area contributed by atoms with E-state index < -0.39 is 23.4 Å². The third-order valence-electron chi connectivity index (χ3n) is 11.0. The lowest BCUT2D eigenvalue weighted by molar-refractivity contribution is -0.627. The van der Waals surface area contributed by atoms with Crippen molar-refractivity contribution in [3.8, 4) is 0 Å². The molecule has 6 aliphatic rings. The van der Waals surface area contributed by atoms with Crippen molar-refractivity contribution in [1.82, 2.24) is 45.4 Å². The number of hydrogen-bond acceptors (Lipinski definition) is 8. The minimum absolute atomic E-state index is 0.0384. The number of nitrogens with one attached hydrogen (secondary N) is 4. The Balaban J connectivity index is 0.874. The van der Waals surface area contributed by atoms with E-state index in [9.17, 15) is 18.8 Å². The maximum absolute atomic E-state index is 14.5. The van der Waals surface area contributed by atoms with Crippen LogP contribution < -0.4 is 16.4 Å². The van der Waals surface area contributed by atoms with Crippen molar-refractivity contribution in [3.05, 3.63) is 75.9 Å². The Bertz CT molecular complexity index is 2010. The van der Waals surface area contributed by atoms with Crippen LogP contribution in [0.5, 0.6) is 0 Å². The van der Waals surface area contributed by atoms with Crippen molar-refractivity contribution in [3.63, 3.8) is 0 Å². The van der Waals surface area contributed by atoms with Gasteiger partial charge in [-0.3, -0.25) is 19.7 Å². The summed E-state index contributed by atoms with van der Waals surface area (Å²) in [7, 11) is 0. The fourth-order valence-corrected chi connectivity index (χ4v) is 9.91. The molecule has 4 heterocycles. The molecular weight excluding hydrogens is 533 g/mol. The van der Waals surface area contributed by atoms with Gasteiger partial charge < -0.3 is 15.1 Å². The van der Waals surface area contributed by atoms with Crippen LogP contribution >= 0.6 is 0 Å². The van der Waals surface area contributed by atoms with Crippen LogP contribution in [0.15, 0.2) is 46.0 Å². The number of halogens is 1. The Morgan fingerprint density at radius 2 is 1.88 bits per heavy atom. The van der Waals surface area contributed by atoms with E-state index in [0.29, 0.717) is 58.7 Å². The molecule has 0 unspecified atom stereocenters. The number of fused-ring (bicyclic) bond motifs is 2. The maximum Gasteiger partial charge on any atom is 0.417 e. The highest BCUT2D eigenvalue weighted by Gasteiger charge is 3.10. The molecular formula is C27H20FN9O4. The lowest BCUT2D eigenvalue weighted by Gasteiger charge is -3.11. The molecule has 5 aromatic rings. The van der Waals surface area contributed by atoms with E-state index in [2.05, 4.69) is 40.9 Å². The van der Waals surface area contributed by atoms with E-state index in [1.165, 1.54) is 6.07 Å². The molecule has 0 aliphatic heterocycles. The van der Waals surface area contributed by atoms with E-state index in [4.69, 9.17) is 4.42 Å². The van der Waals surface area contributed by atoms with E-state index in [1.54, 1.807) is 24.5 Å². The number of rotatable bonds is 7. The zero-order valence-electron chi connectivity index (χ0n) is 21.1. The quantitative estimate of drug-likeness (QED) is 0.228. The Kier molecular flexibility index (Phi) is 3.58. The van der Waals surface area contributed by atoms with E-state index >= 15 is 0 Å². The summed E-state index contributed by atoms with van der Waals surface area (Å²) in [5.41, 5.74) is 1.70. The molecule has 4 N–H and O–H groups in total. The van der Waals surface area contributed by atoms with Crippen molar-refractivity contribution < 1.29 is 18.4 Å². The van der Waals surface area contributed by atoms with Crippen LogP contribution in [0.1, 0.15) is 32.4 Å². The largest absolute Gasteiger partial charge is 0.417 e. The van der Waals surface area contributed by atoms with Crippen LogP contribution in [-0.2, 0) is 12.0 Å². The highest BCUT2D eigenvalue weighted by molar-refractivity contribution is 5.98. The summed E-state index contributed by atoms with van der Waals surface area (Å²) in [5.74, 6) is 2.42. The number of H-pyrrole nitrogens is 2. The molecule has 1 aromatic carbocycles. The van der Waals surface area contributed by atoms with Gasteiger partial charge in [0.25, 0.3) is 11.8 Å². The summed E-state index contributed by atoms with van der Waals surface area (Å²) in [6.45, 7) is 0.666. The first-order valence-electron chi connectivity index (χ1n) is 13.5. The smallest absolute Gasteiger partial charge is 0.408 e. The Hall–Kier alpha value is -4.88. The number of nitrogens with zero attached hydrogens (tertiary/aromatic N) is 5. The number of aromatic nitrogens is 7. The van der Waals surface area contributed by atoms with Gasteiger partial charge in [0.05, 0.1) is 11.7 Å². The first-order valence-corrected chi connectivity index (χ1v) is 13.5. The number of aromatic amines is 2. The Morgan fingerprint density at radius 1 is 1.07 bits per heavy atom. The van der Waals surface area contributed by atoms with Crippen molar-refractivity contribution in [2.24, 2.45) is 40.9 Å². The van der Waals surface area contributed by atoms with Crippen LogP contribution in [-0.4, -0.2) is 53.1 Å². The van der Waals surface area contributed by atoms with E-state index in [-0.39, 0.29) is 34.4 Å². The minimum atomic E-state index is -0.734. The van der Waals surface area contributed by atoms with E-state index in [1.807, 2.05) is 0 Å². The van der Waals surface area contributed by atoms with Crippen molar-refractivity contribution in [2.75, 3.05) is 6.54 Å². The van der Waals surface area contributed by atoms with Gasteiger partial charge in [0.15, 0.2) is 17.0 Å². The third-order valence-corrected chi connectivity index (χ3v) is 11.0. The fourth-order valence-electron chi connectivity index (χ4n) is 9.91. The second-order valence-electron chi connectivity index (χ2n) is 12.0. The number of carbonyl (C=O) groups is 2. The molecule has 6 fully saturated rings. The topological polar surface area (TPSA) is 176 Å². The molecule has 13 nitrogen and oxygen atoms in total. The van der Waals surface area contributed by atoms with Crippen LogP contribution in [0.25, 0.3) is 16.7 Å². The highest BCUT2D eigenvalue weighted by Crippen LogP contribution is 3.09. The van der Waals surface area contributed by atoms with Gasteiger partial charge in [-0.25, -0.2) is 23.7 Å². The second-order valence-corrected chi connectivity index (χ2v) is 12.0. The standard InChI is InChI=1S/C27H20FN9O4/c28-10-6-33-37-13(4-12(34-21(10)37)22(38)29-5-9-1-2-14-11(3-9)35-25(40)41-14)23(39)30-7-26-15-18-16(26)20-17(26)19(15)27(18,20)24-31-8-32-36-24/h1-4,6,8,15-20H,5,7H2,(H,29,38)(H,30,39)(H,35,40)(H,31,32,36). The normalized spacial score (nSPS) is 34.2. The molecule has 14 heteroatoms. The molecule has 0 spiro atoms. The molecule has 2 amide bonds. The predicted molar refractivity (Wildman–Crippen MR) is 135 cm³/mol. The molecule has 0 radical (unpaired) electrons. The van der Waals surface area contributed by atoms with Crippen LogP contribution in [0, 0.1) is 46.7 Å². The summed E-state index contributed by atoms with van der Waals surface area (Å²) in [6.07, 6.45) is 2.56. The molecule has 4 aromatic heterocycles. The first-order chi connectivity index (χ1) is 19.9. The predicted octanol–water partition coefficient (Wildman–Crippen LogP) is 0.770. The zero-order chi connectivity index (χ0) is 27.4. The highest BCUT2D eigenvalue weighted by atomic mass is 19.1. The summed E-state index contributed by atoms with van der Waals surface area (Å²) in [4.78, 5) is 49.0.